The zero-order valence-corrected chi connectivity index (χ0v) is 24.7. The Labute approximate surface area is 256 Å². The second kappa shape index (κ2) is 11.7. The van der Waals surface area contributed by atoms with Gasteiger partial charge in [-0.05, 0) is 70.6 Å². The molecule has 0 bridgehead atoms. The summed E-state index contributed by atoms with van der Waals surface area (Å²) < 4.78 is 3.21. The Kier molecular flexibility index (Phi) is 7.60. The minimum atomic E-state index is -0.0763. The largest absolute Gasteiger partial charge is 0.409 e. The predicted octanol–water partition coefficient (Wildman–Crippen LogP) is 5.51. The Morgan fingerprint density at radius 3 is 2.21 bits per heavy atom. The molecular weight excluding hydrogens is 608 g/mol. The number of hydrogen-bond acceptors (Lipinski definition) is 5. The van der Waals surface area contributed by atoms with Crippen LogP contribution in [-0.2, 0) is 19.5 Å². The molecule has 0 saturated heterocycles. The van der Waals surface area contributed by atoms with Gasteiger partial charge in [-0.1, -0.05) is 74.8 Å². The quantitative estimate of drug-likeness (QED) is 0.0807. The molecule has 0 aliphatic carbocycles. The molecular formula is C33H29BrN6O3. The SMILES string of the molecule is N/C(=N\O)c1cccc(CN2CCc3cn(Cc4cccc(Br)c4)c4cc(-c5cccc(/C(N)=N/O)c5)cc(c34)C2=O)c1. The standard InChI is InChI=1S/C33H29BrN6O3/c34-27-9-2-5-21(13-27)18-40-19-25-10-11-39(17-20-4-1-7-23(12-20)31(35)37-42)33(41)28-15-26(16-29(40)30(25)28)22-6-3-8-24(14-22)32(36)38-43/h1-9,12-16,19,42-43H,10-11,17-18H2,(H2,35,37)(H2,36,38). The summed E-state index contributed by atoms with van der Waals surface area (Å²) in [6, 6.07) is 27.0. The van der Waals surface area contributed by atoms with Crippen LogP contribution in [0.25, 0.3) is 22.0 Å². The van der Waals surface area contributed by atoms with Crippen LogP contribution in [0.1, 0.15) is 38.2 Å². The monoisotopic (exact) mass is 636 g/mol. The van der Waals surface area contributed by atoms with Crippen molar-refractivity contribution in [2.75, 3.05) is 6.54 Å². The smallest absolute Gasteiger partial charge is 0.254 e. The van der Waals surface area contributed by atoms with E-state index in [4.69, 9.17) is 16.7 Å². The van der Waals surface area contributed by atoms with Gasteiger partial charge in [0.25, 0.3) is 5.91 Å². The lowest BCUT2D eigenvalue weighted by Crippen LogP contribution is -2.31. The molecule has 0 fully saturated rings. The first-order chi connectivity index (χ1) is 20.8. The number of oxime groups is 2. The van der Waals surface area contributed by atoms with Gasteiger partial charge in [0, 0.05) is 52.4 Å². The number of amides is 1. The number of carbonyl (C=O) groups excluding carboxylic acids is 1. The van der Waals surface area contributed by atoms with Crippen LogP contribution >= 0.6 is 15.9 Å². The Bertz CT molecular complexity index is 1930. The van der Waals surface area contributed by atoms with Crippen LogP contribution in [0.15, 0.2) is 106 Å². The highest BCUT2D eigenvalue weighted by Crippen LogP contribution is 2.35. The van der Waals surface area contributed by atoms with Crippen molar-refractivity contribution in [3.63, 3.8) is 0 Å². The van der Waals surface area contributed by atoms with Crippen LogP contribution in [0.3, 0.4) is 0 Å². The van der Waals surface area contributed by atoms with Crippen molar-refractivity contribution >= 4 is 44.4 Å². The molecule has 2 heterocycles. The molecule has 0 radical (unpaired) electrons. The molecule has 1 aromatic heterocycles. The molecule has 1 aliphatic heterocycles. The number of nitrogens with two attached hydrogens (primary N) is 2. The Hall–Kier alpha value is -5.09. The molecule has 0 spiro atoms. The lowest BCUT2D eigenvalue weighted by Gasteiger charge is -2.22. The minimum absolute atomic E-state index is 0.0118. The zero-order chi connectivity index (χ0) is 30.1. The fourth-order valence-corrected chi connectivity index (χ4v) is 6.15. The van der Waals surface area contributed by atoms with E-state index in [-0.39, 0.29) is 17.6 Å². The number of amidine groups is 2. The summed E-state index contributed by atoms with van der Waals surface area (Å²) in [4.78, 5) is 16.1. The van der Waals surface area contributed by atoms with Gasteiger partial charge in [0.05, 0.1) is 5.52 Å². The number of benzene rings is 4. The van der Waals surface area contributed by atoms with Gasteiger partial charge in [0.1, 0.15) is 0 Å². The second-order valence-corrected chi connectivity index (χ2v) is 11.5. The van der Waals surface area contributed by atoms with E-state index in [2.05, 4.69) is 55.2 Å². The van der Waals surface area contributed by atoms with Crippen LogP contribution in [0.5, 0.6) is 0 Å². The van der Waals surface area contributed by atoms with Gasteiger partial charge in [0.2, 0.25) is 0 Å². The minimum Gasteiger partial charge on any atom is -0.409 e. The summed E-state index contributed by atoms with van der Waals surface area (Å²) in [6.07, 6.45) is 2.85. The molecule has 1 aliphatic rings. The average molecular weight is 638 g/mol. The van der Waals surface area contributed by atoms with Crippen molar-refractivity contribution in [2.24, 2.45) is 21.8 Å². The van der Waals surface area contributed by atoms with Crippen LogP contribution in [-0.4, -0.2) is 44.0 Å². The first kappa shape index (κ1) is 28.0. The lowest BCUT2D eigenvalue weighted by molar-refractivity contribution is 0.0750. The summed E-state index contributed by atoms with van der Waals surface area (Å²) in [5.74, 6) is -0.0479. The molecule has 216 valence electrons. The number of hydrogen-bond donors (Lipinski definition) is 4. The van der Waals surface area contributed by atoms with Crippen molar-refractivity contribution < 1.29 is 15.2 Å². The van der Waals surface area contributed by atoms with Crippen molar-refractivity contribution in [1.29, 1.82) is 0 Å². The summed E-state index contributed by atoms with van der Waals surface area (Å²) in [7, 11) is 0. The van der Waals surface area contributed by atoms with E-state index in [1.54, 1.807) is 12.1 Å². The first-order valence-corrected chi connectivity index (χ1v) is 14.5. The lowest BCUT2D eigenvalue weighted by atomic mass is 9.96. The third-order valence-electron chi connectivity index (χ3n) is 7.77. The van der Waals surface area contributed by atoms with Crippen LogP contribution in [0.2, 0.25) is 0 Å². The maximum absolute atomic E-state index is 14.3. The summed E-state index contributed by atoms with van der Waals surface area (Å²) in [6.45, 7) is 1.55. The van der Waals surface area contributed by atoms with E-state index in [0.717, 1.165) is 43.2 Å². The number of rotatable bonds is 7. The Balaban J connectivity index is 1.47. The molecule has 0 saturated carbocycles. The highest BCUT2D eigenvalue weighted by Gasteiger charge is 2.27. The van der Waals surface area contributed by atoms with E-state index in [9.17, 15) is 10.0 Å². The summed E-state index contributed by atoms with van der Waals surface area (Å²) >= 11 is 3.58. The van der Waals surface area contributed by atoms with Crippen LogP contribution in [0.4, 0.5) is 0 Å². The van der Waals surface area contributed by atoms with E-state index in [0.29, 0.717) is 42.7 Å². The molecule has 6 rings (SSSR count). The van der Waals surface area contributed by atoms with Gasteiger partial charge >= 0.3 is 0 Å². The number of halogens is 1. The summed E-state index contributed by atoms with van der Waals surface area (Å²) in [5.41, 5.74) is 19.3. The van der Waals surface area contributed by atoms with Gasteiger partial charge in [-0.2, -0.15) is 0 Å². The molecule has 9 nitrogen and oxygen atoms in total. The van der Waals surface area contributed by atoms with Gasteiger partial charge in [-0.15, -0.1) is 0 Å². The molecule has 10 heteroatoms. The van der Waals surface area contributed by atoms with E-state index < -0.39 is 0 Å². The predicted molar refractivity (Wildman–Crippen MR) is 171 cm³/mol. The number of carbonyl (C=O) groups is 1. The zero-order valence-electron chi connectivity index (χ0n) is 23.1. The van der Waals surface area contributed by atoms with E-state index in [1.165, 1.54) is 0 Å². The van der Waals surface area contributed by atoms with Gasteiger partial charge in [-0.3, -0.25) is 4.79 Å². The van der Waals surface area contributed by atoms with Crippen LogP contribution < -0.4 is 11.5 Å². The van der Waals surface area contributed by atoms with Crippen molar-refractivity contribution in [1.82, 2.24) is 9.47 Å². The van der Waals surface area contributed by atoms with Gasteiger partial charge in [-0.25, -0.2) is 0 Å². The average Bonchev–Trinajstić information content (AvgIpc) is 3.32. The Morgan fingerprint density at radius 2 is 1.49 bits per heavy atom. The normalized spacial score (nSPS) is 13.9. The third-order valence-corrected chi connectivity index (χ3v) is 8.27. The highest BCUT2D eigenvalue weighted by atomic mass is 79.9. The van der Waals surface area contributed by atoms with E-state index >= 15 is 0 Å². The summed E-state index contributed by atoms with van der Waals surface area (Å²) in [5, 5.41) is 25.6. The fraction of sp³-hybridized carbons (Fsp3) is 0.121. The molecule has 6 N–H and O–H groups in total. The molecule has 43 heavy (non-hydrogen) atoms. The Morgan fingerprint density at radius 1 is 0.814 bits per heavy atom. The molecule has 0 atom stereocenters. The highest BCUT2D eigenvalue weighted by molar-refractivity contribution is 9.10. The maximum Gasteiger partial charge on any atom is 0.254 e. The second-order valence-electron chi connectivity index (χ2n) is 10.6. The fourth-order valence-electron chi connectivity index (χ4n) is 5.70. The molecule has 1 amide bonds. The third kappa shape index (κ3) is 5.56. The molecule has 0 unspecified atom stereocenters. The van der Waals surface area contributed by atoms with Crippen LogP contribution in [0, 0.1) is 0 Å². The van der Waals surface area contributed by atoms with Crippen molar-refractivity contribution in [3.05, 3.63) is 129 Å². The van der Waals surface area contributed by atoms with Gasteiger partial charge in [0.15, 0.2) is 11.7 Å². The topological polar surface area (TPSA) is 142 Å². The first-order valence-electron chi connectivity index (χ1n) is 13.7. The maximum atomic E-state index is 14.3. The van der Waals surface area contributed by atoms with Gasteiger partial charge < -0.3 is 31.3 Å². The van der Waals surface area contributed by atoms with E-state index in [1.807, 2.05) is 59.5 Å². The molecule has 5 aromatic rings. The van der Waals surface area contributed by atoms with Crippen molar-refractivity contribution in [3.8, 4) is 11.1 Å². The molecule has 4 aromatic carbocycles. The van der Waals surface area contributed by atoms with Crippen molar-refractivity contribution in [2.45, 2.75) is 19.5 Å². The number of nitrogens with zero attached hydrogens (tertiary/aromatic N) is 4. The number of aromatic nitrogens is 1.